The maximum atomic E-state index is 13.1. The Bertz CT molecular complexity index is 1560. The van der Waals surface area contributed by atoms with Crippen LogP contribution in [0.4, 0.5) is 10.8 Å². The number of hydrogen-bond acceptors (Lipinski definition) is 7. The molecule has 8 heteroatoms. The maximum absolute atomic E-state index is 13.1. The van der Waals surface area contributed by atoms with Crippen LogP contribution in [-0.4, -0.2) is 36.1 Å². The van der Waals surface area contributed by atoms with Gasteiger partial charge in [0.15, 0.2) is 5.13 Å². The van der Waals surface area contributed by atoms with E-state index in [1.807, 2.05) is 42.5 Å². The van der Waals surface area contributed by atoms with Gasteiger partial charge in [-0.15, -0.1) is 11.3 Å². The molecule has 1 saturated heterocycles. The summed E-state index contributed by atoms with van der Waals surface area (Å²) in [6.07, 6.45) is 1.84. The van der Waals surface area contributed by atoms with Gasteiger partial charge in [-0.05, 0) is 79.9 Å². The van der Waals surface area contributed by atoms with Crippen molar-refractivity contribution in [3.05, 3.63) is 66.2 Å². The number of piperidine rings is 1. The summed E-state index contributed by atoms with van der Waals surface area (Å²) < 4.78 is 7.63. The minimum atomic E-state index is -0.0764. The highest BCUT2D eigenvalue weighted by Gasteiger charge is 2.27. The van der Waals surface area contributed by atoms with Crippen LogP contribution in [0.15, 0.2) is 60.7 Å². The summed E-state index contributed by atoms with van der Waals surface area (Å²) in [6, 6.07) is 20.3. The van der Waals surface area contributed by atoms with Crippen molar-refractivity contribution >= 4 is 59.8 Å². The molecular formula is C28H26N4O2S2. The maximum Gasteiger partial charge on any atom is 0.229 e. The van der Waals surface area contributed by atoms with Crippen LogP contribution < -0.4 is 15.0 Å². The number of fused-ring (bicyclic) bond motifs is 2. The molecule has 5 aromatic rings. The molecule has 1 unspecified atom stereocenters. The largest absolute Gasteiger partial charge is 0.497 e. The molecule has 6 rings (SSSR count). The Morgan fingerprint density at radius 2 is 1.78 bits per heavy atom. The molecule has 1 aliphatic heterocycles. The van der Waals surface area contributed by atoms with E-state index in [2.05, 4.69) is 35.3 Å². The van der Waals surface area contributed by atoms with Gasteiger partial charge in [0.2, 0.25) is 5.91 Å². The number of methoxy groups -OCH3 is 1. The summed E-state index contributed by atoms with van der Waals surface area (Å²) in [5.41, 5.74) is 5.09. The van der Waals surface area contributed by atoms with Gasteiger partial charge in [-0.3, -0.25) is 4.79 Å². The van der Waals surface area contributed by atoms with Gasteiger partial charge >= 0.3 is 0 Å². The number of carbonyl (C=O) groups excluding carboxylic acids is 1. The number of rotatable bonds is 5. The fourth-order valence-corrected chi connectivity index (χ4v) is 6.71. The molecule has 1 aliphatic rings. The zero-order chi connectivity index (χ0) is 24.6. The fourth-order valence-electron chi connectivity index (χ4n) is 4.62. The Hall–Kier alpha value is -3.49. The molecule has 3 aromatic carbocycles. The Morgan fingerprint density at radius 1 is 1.00 bits per heavy atom. The van der Waals surface area contributed by atoms with E-state index in [9.17, 15) is 4.79 Å². The number of nitrogens with zero attached hydrogens (tertiary/aromatic N) is 3. The number of anilines is 2. The van der Waals surface area contributed by atoms with Gasteiger partial charge in [-0.25, -0.2) is 9.97 Å². The van der Waals surface area contributed by atoms with Crippen molar-refractivity contribution < 1.29 is 9.53 Å². The molecule has 3 heterocycles. The van der Waals surface area contributed by atoms with Gasteiger partial charge in [0.25, 0.3) is 0 Å². The van der Waals surface area contributed by atoms with Crippen molar-refractivity contribution in [2.24, 2.45) is 5.92 Å². The Kier molecular flexibility index (Phi) is 6.07. The Labute approximate surface area is 217 Å². The molecule has 0 aliphatic carbocycles. The molecule has 0 radical (unpaired) electrons. The van der Waals surface area contributed by atoms with E-state index in [1.165, 1.54) is 10.3 Å². The van der Waals surface area contributed by atoms with Crippen LogP contribution in [-0.2, 0) is 4.79 Å². The summed E-state index contributed by atoms with van der Waals surface area (Å²) in [4.78, 5) is 24.9. The van der Waals surface area contributed by atoms with Crippen LogP contribution in [0.1, 0.15) is 18.4 Å². The molecule has 182 valence electrons. The molecule has 1 amide bonds. The van der Waals surface area contributed by atoms with Gasteiger partial charge in [0, 0.05) is 24.3 Å². The van der Waals surface area contributed by atoms with Gasteiger partial charge in [0.1, 0.15) is 10.8 Å². The third kappa shape index (κ3) is 4.54. The summed E-state index contributed by atoms with van der Waals surface area (Å²) in [6.45, 7) is 3.68. The van der Waals surface area contributed by atoms with E-state index in [0.29, 0.717) is 6.54 Å². The topological polar surface area (TPSA) is 67.3 Å². The fraction of sp³-hybridized carbons (Fsp3) is 0.250. The smallest absolute Gasteiger partial charge is 0.229 e. The van der Waals surface area contributed by atoms with Gasteiger partial charge in [-0.2, -0.15) is 0 Å². The number of aromatic nitrogens is 2. The predicted molar refractivity (Wildman–Crippen MR) is 150 cm³/mol. The molecule has 6 nitrogen and oxygen atoms in total. The highest BCUT2D eigenvalue weighted by Crippen LogP contribution is 2.34. The van der Waals surface area contributed by atoms with Crippen LogP contribution in [0.5, 0.6) is 5.75 Å². The van der Waals surface area contributed by atoms with Crippen molar-refractivity contribution in [3.63, 3.8) is 0 Å². The van der Waals surface area contributed by atoms with Crippen molar-refractivity contribution in [3.8, 4) is 16.3 Å². The van der Waals surface area contributed by atoms with Crippen LogP contribution >= 0.6 is 22.7 Å². The molecule has 0 bridgehead atoms. The second-order valence-electron chi connectivity index (χ2n) is 9.17. The lowest BCUT2D eigenvalue weighted by molar-refractivity contribution is -0.120. The van der Waals surface area contributed by atoms with Gasteiger partial charge in [-0.1, -0.05) is 17.4 Å². The first-order valence-electron chi connectivity index (χ1n) is 12.0. The molecule has 1 atom stereocenters. The van der Waals surface area contributed by atoms with Crippen molar-refractivity contribution in [1.29, 1.82) is 0 Å². The highest BCUT2D eigenvalue weighted by atomic mass is 32.1. The SMILES string of the molecule is COc1ccc2nc(N3CCCC(C(=O)Nc4ccc(-c5nc6ccc(C)cc6s5)cc4)C3)sc2c1. The second-order valence-corrected chi connectivity index (χ2v) is 11.2. The average Bonchev–Trinajstić information content (AvgIpc) is 3.52. The van der Waals surface area contributed by atoms with E-state index in [-0.39, 0.29) is 11.8 Å². The lowest BCUT2D eigenvalue weighted by Crippen LogP contribution is -2.40. The van der Waals surface area contributed by atoms with Crippen LogP contribution in [0, 0.1) is 12.8 Å². The van der Waals surface area contributed by atoms with Crippen LogP contribution in [0.2, 0.25) is 0 Å². The van der Waals surface area contributed by atoms with Crippen LogP contribution in [0.25, 0.3) is 31.0 Å². The predicted octanol–water partition coefficient (Wildman–Crippen LogP) is 6.75. The Balaban J connectivity index is 1.13. The number of benzene rings is 3. The Morgan fingerprint density at radius 3 is 2.61 bits per heavy atom. The van der Waals surface area contributed by atoms with Crippen LogP contribution in [0.3, 0.4) is 0 Å². The zero-order valence-corrected chi connectivity index (χ0v) is 21.8. The molecule has 1 fully saturated rings. The number of ether oxygens (including phenoxy) is 1. The molecule has 1 N–H and O–H groups in total. The first kappa shape index (κ1) is 22.9. The van der Waals surface area contributed by atoms with E-state index in [4.69, 9.17) is 14.7 Å². The van der Waals surface area contributed by atoms with E-state index in [1.54, 1.807) is 29.8 Å². The number of amides is 1. The first-order valence-corrected chi connectivity index (χ1v) is 13.7. The molecular weight excluding hydrogens is 488 g/mol. The van der Waals surface area contributed by atoms with E-state index >= 15 is 0 Å². The summed E-state index contributed by atoms with van der Waals surface area (Å²) in [5, 5.41) is 5.08. The first-order chi connectivity index (χ1) is 17.6. The molecule has 0 saturated carbocycles. The number of aryl methyl sites for hydroxylation is 1. The lowest BCUT2D eigenvalue weighted by Gasteiger charge is -2.31. The quantitative estimate of drug-likeness (QED) is 0.281. The van der Waals surface area contributed by atoms with Crippen molar-refractivity contribution in [2.45, 2.75) is 19.8 Å². The van der Waals surface area contributed by atoms with E-state index in [0.717, 1.165) is 62.3 Å². The third-order valence-electron chi connectivity index (χ3n) is 6.59. The summed E-state index contributed by atoms with van der Waals surface area (Å²) in [7, 11) is 1.67. The zero-order valence-electron chi connectivity index (χ0n) is 20.2. The van der Waals surface area contributed by atoms with Gasteiger partial charge in [0.05, 0.1) is 33.5 Å². The normalized spacial score (nSPS) is 15.9. The average molecular weight is 515 g/mol. The number of nitrogens with one attached hydrogen (secondary N) is 1. The standard InChI is InChI=1S/C28H26N4O2S2/c1-17-5-11-22-24(14-17)35-27(30-22)18-6-8-20(9-7-18)29-26(33)19-4-3-13-32(16-19)28-31-23-12-10-21(34-2)15-25(23)36-28/h5-12,14-15,19H,3-4,13,16H2,1-2H3,(H,29,33). The molecule has 0 spiro atoms. The highest BCUT2D eigenvalue weighted by molar-refractivity contribution is 7.22. The summed E-state index contributed by atoms with van der Waals surface area (Å²) >= 11 is 3.34. The number of hydrogen-bond donors (Lipinski definition) is 1. The van der Waals surface area contributed by atoms with Crippen molar-refractivity contribution in [2.75, 3.05) is 30.4 Å². The second kappa shape index (κ2) is 9.52. The number of carbonyl (C=O) groups is 1. The monoisotopic (exact) mass is 514 g/mol. The number of thiazole rings is 2. The van der Waals surface area contributed by atoms with Gasteiger partial charge < -0.3 is 15.0 Å². The molecule has 2 aromatic heterocycles. The van der Waals surface area contributed by atoms with Crippen molar-refractivity contribution in [1.82, 2.24) is 9.97 Å². The minimum absolute atomic E-state index is 0.0608. The summed E-state index contributed by atoms with van der Waals surface area (Å²) in [5.74, 6) is 0.816. The minimum Gasteiger partial charge on any atom is -0.497 e. The lowest BCUT2D eigenvalue weighted by atomic mass is 9.97. The van der Waals surface area contributed by atoms with E-state index < -0.39 is 0 Å². The third-order valence-corrected chi connectivity index (χ3v) is 8.74. The molecule has 36 heavy (non-hydrogen) atoms.